The summed E-state index contributed by atoms with van der Waals surface area (Å²) in [7, 11) is 0. The van der Waals surface area contributed by atoms with Gasteiger partial charge < -0.3 is 5.32 Å². The molecule has 0 aromatic heterocycles. The average molecular weight is 294 g/mol. The zero-order valence-electron chi connectivity index (χ0n) is 11.0. The second-order valence-corrected chi connectivity index (χ2v) is 5.53. The van der Waals surface area contributed by atoms with Crippen molar-refractivity contribution in [3.05, 3.63) is 69.7 Å². The molecule has 1 N–H and O–H groups in total. The van der Waals surface area contributed by atoms with Gasteiger partial charge in [-0.05, 0) is 43.2 Å². The lowest BCUT2D eigenvalue weighted by Crippen LogP contribution is -2.22. The van der Waals surface area contributed by atoms with E-state index < -0.39 is 0 Å². The molecule has 2 aromatic carbocycles. The summed E-state index contributed by atoms with van der Waals surface area (Å²) in [5.41, 5.74) is 2.28. The lowest BCUT2D eigenvalue weighted by molar-refractivity contribution is 0.495. The number of rotatable bonds is 4. The Hall–Kier alpha value is -1.02. The number of benzene rings is 2. The van der Waals surface area contributed by atoms with Gasteiger partial charge in [0.2, 0.25) is 0 Å². The molecular weight excluding hydrogens is 277 g/mol. The Morgan fingerprint density at radius 1 is 0.895 bits per heavy atom. The number of nitrogens with one attached hydrogen (secondary N) is 1. The van der Waals surface area contributed by atoms with Gasteiger partial charge in [-0.1, -0.05) is 53.5 Å². The third-order valence-corrected chi connectivity index (χ3v) is 3.80. The number of hydrogen-bond donors (Lipinski definition) is 1. The highest BCUT2D eigenvalue weighted by atomic mass is 35.5. The van der Waals surface area contributed by atoms with Crippen LogP contribution in [0.1, 0.15) is 37.1 Å². The molecule has 0 spiro atoms. The minimum Gasteiger partial charge on any atom is -0.304 e. The molecule has 100 valence electrons. The van der Waals surface area contributed by atoms with E-state index >= 15 is 0 Å². The first kappa shape index (κ1) is 14.4. The van der Waals surface area contributed by atoms with Crippen molar-refractivity contribution in [1.82, 2.24) is 5.32 Å². The van der Waals surface area contributed by atoms with Crippen LogP contribution in [0.3, 0.4) is 0 Å². The van der Waals surface area contributed by atoms with E-state index in [0.717, 1.165) is 10.6 Å². The van der Waals surface area contributed by atoms with E-state index in [0.29, 0.717) is 5.02 Å². The second kappa shape index (κ2) is 6.42. The van der Waals surface area contributed by atoms with E-state index in [1.165, 1.54) is 5.56 Å². The Balaban J connectivity index is 2.13. The van der Waals surface area contributed by atoms with E-state index in [-0.39, 0.29) is 12.1 Å². The van der Waals surface area contributed by atoms with Crippen molar-refractivity contribution < 1.29 is 0 Å². The third-order valence-electron chi connectivity index (χ3n) is 3.22. The maximum Gasteiger partial charge on any atom is 0.0454 e. The first-order valence-corrected chi connectivity index (χ1v) is 7.09. The minimum atomic E-state index is 0.140. The highest BCUT2D eigenvalue weighted by Gasteiger charge is 2.13. The summed E-state index contributed by atoms with van der Waals surface area (Å²) in [6.07, 6.45) is 0. The fourth-order valence-corrected chi connectivity index (χ4v) is 2.61. The quantitative estimate of drug-likeness (QED) is 0.795. The van der Waals surface area contributed by atoms with Gasteiger partial charge in [-0.25, -0.2) is 0 Å². The average Bonchev–Trinajstić information content (AvgIpc) is 2.42. The summed E-state index contributed by atoms with van der Waals surface area (Å²) >= 11 is 12.2. The number of halogens is 2. The largest absolute Gasteiger partial charge is 0.304 e. The molecule has 0 saturated heterocycles. The molecule has 2 atom stereocenters. The molecule has 2 rings (SSSR count). The molecule has 0 heterocycles. The van der Waals surface area contributed by atoms with Crippen molar-refractivity contribution >= 4 is 23.2 Å². The molecule has 0 aliphatic heterocycles. The van der Waals surface area contributed by atoms with E-state index in [9.17, 15) is 0 Å². The first-order chi connectivity index (χ1) is 9.08. The molecule has 1 unspecified atom stereocenters. The van der Waals surface area contributed by atoms with Crippen LogP contribution in [0.5, 0.6) is 0 Å². The fraction of sp³-hybridized carbons (Fsp3) is 0.250. The number of hydrogen-bond acceptors (Lipinski definition) is 1. The maximum absolute atomic E-state index is 6.22. The van der Waals surface area contributed by atoms with Crippen LogP contribution >= 0.6 is 23.2 Å². The Labute approximate surface area is 124 Å². The van der Waals surface area contributed by atoms with Crippen molar-refractivity contribution in [2.24, 2.45) is 0 Å². The molecule has 0 radical (unpaired) electrons. The summed E-state index contributed by atoms with van der Waals surface area (Å²) in [6, 6.07) is 16.3. The van der Waals surface area contributed by atoms with E-state index in [2.05, 4.69) is 31.3 Å². The van der Waals surface area contributed by atoms with Crippen LogP contribution in [0, 0.1) is 0 Å². The van der Waals surface area contributed by atoms with Gasteiger partial charge in [0.15, 0.2) is 0 Å². The Morgan fingerprint density at radius 3 is 2.26 bits per heavy atom. The molecule has 1 nitrogen and oxygen atoms in total. The van der Waals surface area contributed by atoms with Crippen LogP contribution in [-0.2, 0) is 0 Å². The summed E-state index contributed by atoms with van der Waals surface area (Å²) < 4.78 is 0. The molecule has 0 aliphatic rings. The molecule has 0 aliphatic carbocycles. The third kappa shape index (κ3) is 3.73. The van der Waals surface area contributed by atoms with Crippen LogP contribution in [0.15, 0.2) is 48.5 Å². The van der Waals surface area contributed by atoms with E-state index in [4.69, 9.17) is 23.2 Å². The summed E-state index contributed by atoms with van der Waals surface area (Å²) in [5, 5.41) is 4.99. The highest BCUT2D eigenvalue weighted by Crippen LogP contribution is 2.28. The predicted octanol–water partition coefficient (Wildman–Crippen LogP) is 5.41. The first-order valence-electron chi connectivity index (χ1n) is 6.34. The molecule has 0 saturated carbocycles. The van der Waals surface area contributed by atoms with Crippen molar-refractivity contribution in [2.45, 2.75) is 25.9 Å². The van der Waals surface area contributed by atoms with Crippen molar-refractivity contribution in [3.8, 4) is 0 Å². The van der Waals surface area contributed by atoms with E-state index in [1.54, 1.807) is 6.07 Å². The molecule has 0 fully saturated rings. The topological polar surface area (TPSA) is 12.0 Å². The van der Waals surface area contributed by atoms with Crippen LogP contribution in [-0.4, -0.2) is 0 Å². The molecule has 19 heavy (non-hydrogen) atoms. The lowest BCUT2D eigenvalue weighted by Gasteiger charge is -2.21. The van der Waals surface area contributed by atoms with Crippen LogP contribution in [0.2, 0.25) is 10.0 Å². The SMILES string of the molecule is CC(N[C@@H](C)c1ccccc1)c1cc(Cl)ccc1Cl. The second-order valence-electron chi connectivity index (χ2n) is 4.69. The normalized spacial score (nSPS) is 14.1. The predicted molar refractivity (Wildman–Crippen MR) is 82.9 cm³/mol. The summed E-state index contributed by atoms with van der Waals surface area (Å²) in [6.45, 7) is 4.24. The molecule has 0 bridgehead atoms. The summed E-state index contributed by atoms with van der Waals surface area (Å²) in [4.78, 5) is 0. The van der Waals surface area contributed by atoms with Gasteiger partial charge in [0.1, 0.15) is 0 Å². The summed E-state index contributed by atoms with van der Waals surface area (Å²) in [5.74, 6) is 0. The van der Waals surface area contributed by atoms with Gasteiger partial charge in [-0.15, -0.1) is 0 Å². The fourth-order valence-electron chi connectivity index (χ4n) is 2.15. The standard InChI is InChI=1S/C16H17Cl2N/c1-11(13-6-4-3-5-7-13)19-12(2)15-10-14(17)8-9-16(15)18/h3-12,19H,1-2H3/t11-,12?/m0/s1. The van der Waals surface area contributed by atoms with Gasteiger partial charge in [0.05, 0.1) is 0 Å². The maximum atomic E-state index is 6.22. The minimum absolute atomic E-state index is 0.140. The van der Waals surface area contributed by atoms with Gasteiger partial charge in [-0.3, -0.25) is 0 Å². The van der Waals surface area contributed by atoms with Crippen LogP contribution in [0.25, 0.3) is 0 Å². The highest BCUT2D eigenvalue weighted by molar-refractivity contribution is 6.33. The zero-order chi connectivity index (χ0) is 13.8. The Bertz CT molecular complexity index is 540. The van der Waals surface area contributed by atoms with Crippen molar-refractivity contribution in [2.75, 3.05) is 0 Å². The smallest absolute Gasteiger partial charge is 0.0454 e. The molecular formula is C16H17Cl2N. The monoisotopic (exact) mass is 293 g/mol. The van der Waals surface area contributed by atoms with Crippen molar-refractivity contribution in [1.29, 1.82) is 0 Å². The zero-order valence-corrected chi connectivity index (χ0v) is 12.5. The molecule has 0 amide bonds. The Morgan fingerprint density at radius 2 is 1.58 bits per heavy atom. The van der Waals surface area contributed by atoms with Crippen molar-refractivity contribution in [3.63, 3.8) is 0 Å². The van der Waals surface area contributed by atoms with Gasteiger partial charge in [0, 0.05) is 22.1 Å². The van der Waals surface area contributed by atoms with Gasteiger partial charge in [-0.2, -0.15) is 0 Å². The molecule has 3 heteroatoms. The van der Waals surface area contributed by atoms with Gasteiger partial charge in [0.25, 0.3) is 0 Å². The van der Waals surface area contributed by atoms with Crippen LogP contribution < -0.4 is 5.32 Å². The Kier molecular flexibility index (Phi) is 4.87. The van der Waals surface area contributed by atoms with E-state index in [1.807, 2.05) is 30.3 Å². The van der Waals surface area contributed by atoms with Crippen LogP contribution in [0.4, 0.5) is 0 Å². The van der Waals surface area contributed by atoms with Gasteiger partial charge >= 0.3 is 0 Å². The molecule has 2 aromatic rings. The lowest BCUT2D eigenvalue weighted by atomic mass is 10.0.